The molecule has 0 heterocycles. The van der Waals surface area contributed by atoms with Gasteiger partial charge in [0.1, 0.15) is 0 Å². The van der Waals surface area contributed by atoms with Crippen molar-refractivity contribution in [1.29, 1.82) is 0 Å². The summed E-state index contributed by atoms with van der Waals surface area (Å²) in [5.74, 6) is -2.44. The second-order valence-corrected chi connectivity index (χ2v) is 5.06. The lowest BCUT2D eigenvalue weighted by atomic mass is 10.0. The van der Waals surface area contributed by atoms with Gasteiger partial charge in [-0.2, -0.15) is 4.39 Å². The molecule has 0 aliphatic heterocycles. The summed E-state index contributed by atoms with van der Waals surface area (Å²) in [6.07, 6.45) is 2.95. The van der Waals surface area contributed by atoms with Gasteiger partial charge in [-0.15, -0.1) is 12.4 Å². The summed E-state index contributed by atoms with van der Waals surface area (Å²) in [5, 5.41) is 9.49. The van der Waals surface area contributed by atoms with Crippen LogP contribution in [0.4, 0.5) is 8.78 Å². The van der Waals surface area contributed by atoms with E-state index in [4.69, 9.17) is 5.73 Å². The zero-order valence-electron chi connectivity index (χ0n) is 8.92. The first-order valence-electron chi connectivity index (χ1n) is 5.12. The number of nitrogens with two attached hydrogens (primary N) is 1. The van der Waals surface area contributed by atoms with Crippen LogP contribution in [-0.2, 0) is 0 Å². The minimum Gasteiger partial charge on any atom is -0.505 e. The van der Waals surface area contributed by atoms with E-state index in [2.05, 4.69) is 15.9 Å². The van der Waals surface area contributed by atoms with E-state index in [0.717, 1.165) is 12.8 Å². The zero-order valence-corrected chi connectivity index (χ0v) is 11.3. The van der Waals surface area contributed by atoms with Crippen LogP contribution in [0.5, 0.6) is 5.75 Å². The van der Waals surface area contributed by atoms with E-state index in [1.807, 2.05) is 0 Å². The third-order valence-corrected chi connectivity index (χ3v) is 3.43. The lowest BCUT2D eigenvalue weighted by Crippen LogP contribution is -2.12. The number of aromatic hydroxyl groups is 1. The lowest BCUT2D eigenvalue weighted by molar-refractivity contribution is 0.393. The normalized spacial score (nSPS) is 16.5. The van der Waals surface area contributed by atoms with E-state index < -0.39 is 23.4 Å². The number of halogens is 4. The number of phenolic OH excluding ortho intramolecular Hbond substituents is 1. The van der Waals surface area contributed by atoms with Crippen LogP contribution < -0.4 is 5.73 Å². The first-order chi connectivity index (χ1) is 7.50. The van der Waals surface area contributed by atoms with E-state index in [-0.39, 0.29) is 22.4 Å². The van der Waals surface area contributed by atoms with Crippen LogP contribution >= 0.6 is 28.3 Å². The lowest BCUT2D eigenvalue weighted by Gasteiger charge is -2.14. The van der Waals surface area contributed by atoms with Crippen LogP contribution in [0.1, 0.15) is 30.9 Å². The van der Waals surface area contributed by atoms with Gasteiger partial charge in [0.2, 0.25) is 5.82 Å². The van der Waals surface area contributed by atoms with E-state index in [0.29, 0.717) is 12.3 Å². The maximum Gasteiger partial charge on any atom is 0.201 e. The molecule has 0 saturated heterocycles. The minimum absolute atomic E-state index is 0. The van der Waals surface area contributed by atoms with Gasteiger partial charge in [-0.25, -0.2) is 4.39 Å². The Morgan fingerprint density at radius 3 is 2.53 bits per heavy atom. The maximum absolute atomic E-state index is 13.3. The molecule has 1 atom stereocenters. The van der Waals surface area contributed by atoms with Crippen LogP contribution in [0.15, 0.2) is 10.5 Å². The molecule has 6 heteroatoms. The molecule has 1 aliphatic carbocycles. The summed E-state index contributed by atoms with van der Waals surface area (Å²) >= 11 is 2.90. The van der Waals surface area contributed by atoms with Crippen molar-refractivity contribution in [1.82, 2.24) is 0 Å². The Labute approximate surface area is 113 Å². The largest absolute Gasteiger partial charge is 0.505 e. The van der Waals surface area contributed by atoms with Gasteiger partial charge in [-0.3, -0.25) is 0 Å². The smallest absolute Gasteiger partial charge is 0.201 e. The van der Waals surface area contributed by atoms with Gasteiger partial charge in [-0.05, 0) is 34.3 Å². The summed E-state index contributed by atoms with van der Waals surface area (Å²) in [6, 6.07) is 0.903. The van der Waals surface area contributed by atoms with Crippen molar-refractivity contribution in [3.05, 3.63) is 27.7 Å². The van der Waals surface area contributed by atoms with Gasteiger partial charge in [0.15, 0.2) is 11.6 Å². The molecule has 0 bridgehead atoms. The minimum atomic E-state index is -1.24. The molecule has 1 fully saturated rings. The molecule has 0 radical (unpaired) electrons. The summed E-state index contributed by atoms with van der Waals surface area (Å²) in [4.78, 5) is 0. The fraction of sp³-hybridized carbons (Fsp3) is 0.455. The number of phenols is 1. The van der Waals surface area contributed by atoms with Gasteiger partial charge in [0.05, 0.1) is 4.47 Å². The Bertz CT molecular complexity index is 426. The maximum atomic E-state index is 13.3. The Balaban J connectivity index is 0.00000144. The SMILES string of the molecule is Cl.N[C@@H](CC1CC1)c1cc(Br)c(F)c(F)c1O. The van der Waals surface area contributed by atoms with Crippen LogP contribution in [0.3, 0.4) is 0 Å². The summed E-state index contributed by atoms with van der Waals surface area (Å²) in [6.45, 7) is 0. The number of hydrogen-bond acceptors (Lipinski definition) is 2. The average molecular weight is 329 g/mol. The molecule has 1 aromatic rings. The van der Waals surface area contributed by atoms with E-state index >= 15 is 0 Å². The molecule has 2 rings (SSSR count). The van der Waals surface area contributed by atoms with Crippen LogP contribution in [0, 0.1) is 17.6 Å². The predicted octanol–water partition coefficient (Wildman–Crippen LogP) is 3.65. The molecule has 17 heavy (non-hydrogen) atoms. The highest BCUT2D eigenvalue weighted by Gasteiger charge is 2.27. The molecule has 1 saturated carbocycles. The highest BCUT2D eigenvalue weighted by molar-refractivity contribution is 9.10. The van der Waals surface area contributed by atoms with Crippen LogP contribution in [0.25, 0.3) is 0 Å². The Kier molecular flexibility index (Phi) is 4.75. The third kappa shape index (κ3) is 3.09. The van der Waals surface area contributed by atoms with E-state index in [1.165, 1.54) is 6.07 Å². The van der Waals surface area contributed by atoms with Crippen molar-refractivity contribution in [2.24, 2.45) is 11.7 Å². The zero-order chi connectivity index (χ0) is 11.9. The van der Waals surface area contributed by atoms with Crippen molar-refractivity contribution < 1.29 is 13.9 Å². The molecular weight excluding hydrogens is 315 g/mol. The second-order valence-electron chi connectivity index (χ2n) is 4.21. The van der Waals surface area contributed by atoms with Crippen molar-refractivity contribution in [2.45, 2.75) is 25.3 Å². The van der Waals surface area contributed by atoms with Crippen LogP contribution in [-0.4, -0.2) is 5.11 Å². The Morgan fingerprint density at radius 2 is 2.00 bits per heavy atom. The molecule has 0 amide bonds. The Hall–Kier alpha value is -0.390. The summed E-state index contributed by atoms with van der Waals surface area (Å²) in [5.41, 5.74) is 6.12. The monoisotopic (exact) mass is 327 g/mol. The van der Waals surface area contributed by atoms with Gasteiger partial charge in [0, 0.05) is 11.6 Å². The molecule has 0 spiro atoms. The number of hydrogen-bond donors (Lipinski definition) is 2. The highest BCUT2D eigenvalue weighted by atomic mass is 79.9. The van der Waals surface area contributed by atoms with Gasteiger partial charge >= 0.3 is 0 Å². The standard InChI is InChI=1S/C11H12BrF2NO.ClH/c12-7-4-6(8(15)3-5-1-2-5)11(16)10(14)9(7)13;/h4-5,8,16H,1-3,15H2;1H/t8-;/m0./s1. The van der Waals surface area contributed by atoms with Crippen molar-refractivity contribution in [3.8, 4) is 5.75 Å². The molecule has 1 aliphatic rings. The number of rotatable bonds is 3. The van der Waals surface area contributed by atoms with Gasteiger partial charge in [0.25, 0.3) is 0 Å². The van der Waals surface area contributed by atoms with Crippen molar-refractivity contribution >= 4 is 28.3 Å². The highest BCUT2D eigenvalue weighted by Crippen LogP contribution is 2.40. The fourth-order valence-electron chi connectivity index (χ4n) is 1.73. The topological polar surface area (TPSA) is 46.2 Å². The fourth-order valence-corrected chi connectivity index (χ4v) is 2.15. The second kappa shape index (κ2) is 5.50. The van der Waals surface area contributed by atoms with Crippen molar-refractivity contribution in [3.63, 3.8) is 0 Å². The van der Waals surface area contributed by atoms with Gasteiger partial charge in [-0.1, -0.05) is 12.8 Å². The molecule has 0 unspecified atom stereocenters. The summed E-state index contributed by atoms with van der Waals surface area (Å²) < 4.78 is 26.3. The van der Waals surface area contributed by atoms with Crippen molar-refractivity contribution in [2.75, 3.05) is 0 Å². The first-order valence-corrected chi connectivity index (χ1v) is 5.92. The average Bonchev–Trinajstić information content (AvgIpc) is 3.04. The molecule has 3 N–H and O–H groups in total. The van der Waals surface area contributed by atoms with E-state index in [9.17, 15) is 13.9 Å². The molecule has 2 nitrogen and oxygen atoms in total. The quantitative estimate of drug-likeness (QED) is 0.832. The first kappa shape index (κ1) is 14.7. The summed E-state index contributed by atoms with van der Waals surface area (Å²) in [7, 11) is 0. The predicted molar refractivity (Wildman–Crippen MR) is 67.2 cm³/mol. The third-order valence-electron chi connectivity index (χ3n) is 2.85. The van der Waals surface area contributed by atoms with E-state index in [1.54, 1.807) is 0 Å². The Morgan fingerprint density at radius 1 is 1.41 bits per heavy atom. The van der Waals surface area contributed by atoms with Gasteiger partial charge < -0.3 is 10.8 Å². The van der Waals surface area contributed by atoms with Crippen LogP contribution in [0.2, 0.25) is 0 Å². The molecule has 1 aromatic carbocycles. The molecular formula is C11H13BrClF2NO. The molecule has 0 aromatic heterocycles. The molecule has 96 valence electrons. The number of benzene rings is 1.